The van der Waals surface area contributed by atoms with Gasteiger partial charge in [-0.3, -0.25) is 10.1 Å². The van der Waals surface area contributed by atoms with Gasteiger partial charge in [0, 0.05) is 12.0 Å². The van der Waals surface area contributed by atoms with Crippen LogP contribution in [-0.4, -0.2) is 11.3 Å². The number of hydrogen-bond donors (Lipinski definition) is 0. The van der Waals surface area contributed by atoms with Crippen LogP contribution in [0.2, 0.25) is 0 Å². The molecule has 0 aliphatic rings. The SMILES string of the molecule is [CH2]C(C=C)c1ccc(OC(F)(F)F)c([N+](=O)[O-])c1. The monoisotopic (exact) mass is 260 g/mol. The van der Waals surface area contributed by atoms with Gasteiger partial charge in [-0.05, 0) is 18.6 Å². The summed E-state index contributed by atoms with van der Waals surface area (Å²) < 4.78 is 39.7. The summed E-state index contributed by atoms with van der Waals surface area (Å²) >= 11 is 0. The van der Waals surface area contributed by atoms with Crippen LogP contribution in [0.5, 0.6) is 5.75 Å². The zero-order valence-corrected chi connectivity index (χ0v) is 9.11. The largest absolute Gasteiger partial charge is 0.573 e. The van der Waals surface area contributed by atoms with Crippen LogP contribution in [0.1, 0.15) is 11.5 Å². The number of hydrogen-bond acceptors (Lipinski definition) is 3. The molecule has 0 aliphatic carbocycles. The van der Waals surface area contributed by atoms with Crippen molar-refractivity contribution in [3.63, 3.8) is 0 Å². The molecule has 0 amide bonds. The molecular formula is C11H9F3NO3. The predicted octanol–water partition coefficient (Wildman–Crippen LogP) is 3.60. The van der Waals surface area contributed by atoms with Crippen molar-refractivity contribution >= 4 is 5.69 Å². The van der Waals surface area contributed by atoms with Crippen LogP contribution in [-0.2, 0) is 0 Å². The molecule has 97 valence electrons. The maximum absolute atomic E-state index is 12.0. The molecule has 0 saturated heterocycles. The van der Waals surface area contributed by atoms with Crippen LogP contribution >= 0.6 is 0 Å². The second kappa shape index (κ2) is 5.07. The molecule has 1 radical (unpaired) electrons. The van der Waals surface area contributed by atoms with Gasteiger partial charge in [0.05, 0.1) is 4.92 Å². The smallest absolute Gasteiger partial charge is 0.398 e. The summed E-state index contributed by atoms with van der Waals surface area (Å²) in [6.07, 6.45) is -3.56. The fourth-order valence-corrected chi connectivity index (χ4v) is 1.25. The molecule has 7 heteroatoms. The van der Waals surface area contributed by atoms with Gasteiger partial charge < -0.3 is 4.74 Å². The van der Waals surface area contributed by atoms with Crippen molar-refractivity contribution in [1.29, 1.82) is 0 Å². The highest BCUT2D eigenvalue weighted by molar-refractivity contribution is 5.50. The maximum Gasteiger partial charge on any atom is 0.573 e. The molecule has 0 aliphatic heterocycles. The van der Waals surface area contributed by atoms with Crippen molar-refractivity contribution in [2.24, 2.45) is 0 Å². The van der Waals surface area contributed by atoms with Gasteiger partial charge in [-0.25, -0.2) is 0 Å². The van der Waals surface area contributed by atoms with E-state index in [1.54, 1.807) is 0 Å². The van der Waals surface area contributed by atoms with E-state index in [4.69, 9.17) is 0 Å². The Bertz CT molecular complexity index is 471. The Morgan fingerprint density at radius 3 is 2.50 bits per heavy atom. The summed E-state index contributed by atoms with van der Waals surface area (Å²) in [6, 6.07) is 3.15. The lowest BCUT2D eigenvalue weighted by Crippen LogP contribution is -2.18. The summed E-state index contributed by atoms with van der Waals surface area (Å²) in [5.74, 6) is -1.31. The average molecular weight is 260 g/mol. The zero-order chi connectivity index (χ0) is 13.9. The number of nitro groups is 1. The van der Waals surface area contributed by atoms with E-state index in [1.165, 1.54) is 12.1 Å². The van der Waals surface area contributed by atoms with Crippen molar-refractivity contribution in [3.05, 3.63) is 53.5 Å². The molecule has 0 aromatic heterocycles. The summed E-state index contributed by atoms with van der Waals surface area (Å²) in [4.78, 5) is 9.74. The van der Waals surface area contributed by atoms with E-state index in [0.717, 1.165) is 12.1 Å². The van der Waals surface area contributed by atoms with Crippen molar-refractivity contribution in [2.75, 3.05) is 0 Å². The molecule has 1 atom stereocenters. The van der Waals surface area contributed by atoms with E-state index in [0.29, 0.717) is 5.56 Å². The first kappa shape index (κ1) is 14.0. The van der Waals surface area contributed by atoms with Gasteiger partial charge in [0.25, 0.3) is 0 Å². The van der Waals surface area contributed by atoms with Crippen molar-refractivity contribution in [3.8, 4) is 5.75 Å². The van der Waals surface area contributed by atoms with Crippen LogP contribution in [0.3, 0.4) is 0 Å². The molecule has 0 heterocycles. The second-order valence-corrected chi connectivity index (χ2v) is 3.37. The Hall–Kier alpha value is -2.05. The summed E-state index contributed by atoms with van der Waals surface area (Å²) in [5, 5.41) is 10.7. The third-order valence-corrected chi connectivity index (χ3v) is 2.12. The second-order valence-electron chi connectivity index (χ2n) is 3.37. The van der Waals surface area contributed by atoms with Crippen molar-refractivity contribution in [2.45, 2.75) is 12.3 Å². The molecule has 0 bridgehead atoms. The Morgan fingerprint density at radius 2 is 2.06 bits per heavy atom. The third-order valence-electron chi connectivity index (χ3n) is 2.12. The van der Waals surface area contributed by atoms with Crippen LogP contribution in [0.25, 0.3) is 0 Å². The van der Waals surface area contributed by atoms with Gasteiger partial charge in [-0.1, -0.05) is 12.1 Å². The van der Waals surface area contributed by atoms with Crippen LogP contribution in [0, 0.1) is 17.0 Å². The molecule has 0 fully saturated rings. The number of nitro benzene ring substituents is 1. The number of rotatable bonds is 4. The number of ether oxygens (including phenoxy) is 1. The van der Waals surface area contributed by atoms with E-state index in [1.807, 2.05) is 0 Å². The van der Waals surface area contributed by atoms with Gasteiger partial charge in [0.1, 0.15) is 0 Å². The minimum Gasteiger partial charge on any atom is -0.398 e. The number of alkyl halides is 3. The molecular weight excluding hydrogens is 251 g/mol. The van der Waals surface area contributed by atoms with Crippen molar-refractivity contribution < 1.29 is 22.8 Å². The molecule has 0 saturated carbocycles. The summed E-state index contributed by atoms with van der Waals surface area (Å²) in [7, 11) is 0. The van der Waals surface area contributed by atoms with E-state index in [-0.39, 0.29) is 0 Å². The van der Waals surface area contributed by atoms with Gasteiger partial charge in [0.2, 0.25) is 5.75 Å². The molecule has 0 spiro atoms. The molecule has 0 N–H and O–H groups in total. The highest BCUT2D eigenvalue weighted by Crippen LogP contribution is 2.34. The van der Waals surface area contributed by atoms with Crippen LogP contribution in [0.15, 0.2) is 30.9 Å². The van der Waals surface area contributed by atoms with E-state index >= 15 is 0 Å². The highest BCUT2D eigenvalue weighted by atomic mass is 19.4. The number of benzene rings is 1. The quantitative estimate of drug-likeness (QED) is 0.472. The van der Waals surface area contributed by atoms with E-state index in [9.17, 15) is 23.3 Å². The van der Waals surface area contributed by atoms with E-state index < -0.39 is 28.6 Å². The molecule has 1 rings (SSSR count). The Labute approximate surface area is 101 Å². The van der Waals surface area contributed by atoms with Crippen molar-refractivity contribution in [1.82, 2.24) is 0 Å². The van der Waals surface area contributed by atoms with Gasteiger partial charge in [-0.2, -0.15) is 0 Å². The molecule has 1 aromatic rings. The third kappa shape index (κ3) is 3.47. The number of allylic oxidation sites excluding steroid dienone is 1. The lowest BCUT2D eigenvalue weighted by Gasteiger charge is -2.11. The highest BCUT2D eigenvalue weighted by Gasteiger charge is 2.34. The minimum absolute atomic E-state index is 0.381. The van der Waals surface area contributed by atoms with E-state index in [2.05, 4.69) is 18.2 Å². The molecule has 18 heavy (non-hydrogen) atoms. The summed E-state index contributed by atoms with van der Waals surface area (Å²) in [6.45, 7) is 7.08. The number of nitrogens with zero attached hydrogens (tertiary/aromatic N) is 1. The van der Waals surface area contributed by atoms with Crippen LogP contribution in [0.4, 0.5) is 18.9 Å². The fraction of sp³-hybridized carbons (Fsp3) is 0.182. The summed E-state index contributed by atoms with van der Waals surface area (Å²) in [5.41, 5.74) is -0.383. The lowest BCUT2D eigenvalue weighted by molar-refractivity contribution is -0.388. The lowest BCUT2D eigenvalue weighted by atomic mass is 10.0. The average Bonchev–Trinajstić information content (AvgIpc) is 2.26. The molecule has 1 unspecified atom stereocenters. The standard InChI is InChI=1S/C11H9F3NO3/c1-3-7(2)8-4-5-10(18-11(12,13)14)9(6-8)15(16)17/h3-7H,1-2H2. The normalized spacial score (nSPS) is 12.9. The van der Waals surface area contributed by atoms with Crippen LogP contribution < -0.4 is 4.74 Å². The minimum atomic E-state index is -4.98. The maximum atomic E-state index is 12.0. The molecule has 4 nitrogen and oxygen atoms in total. The van der Waals surface area contributed by atoms with Gasteiger partial charge in [-0.15, -0.1) is 19.8 Å². The zero-order valence-electron chi connectivity index (χ0n) is 9.11. The topological polar surface area (TPSA) is 52.4 Å². The molecule has 1 aromatic carbocycles. The first-order valence-electron chi connectivity index (χ1n) is 4.74. The Morgan fingerprint density at radius 1 is 1.44 bits per heavy atom. The number of halogens is 3. The predicted molar refractivity (Wildman–Crippen MR) is 58.1 cm³/mol. The first-order chi connectivity index (χ1) is 8.24. The first-order valence-corrected chi connectivity index (χ1v) is 4.74. The Balaban J connectivity index is 3.21. The Kier molecular flexibility index (Phi) is 3.95. The van der Waals surface area contributed by atoms with Gasteiger partial charge in [0.15, 0.2) is 0 Å². The fourth-order valence-electron chi connectivity index (χ4n) is 1.25. The van der Waals surface area contributed by atoms with Gasteiger partial charge >= 0.3 is 12.0 Å².